The summed E-state index contributed by atoms with van der Waals surface area (Å²) >= 11 is 0. The summed E-state index contributed by atoms with van der Waals surface area (Å²) < 4.78 is 18.5. The average molecular weight is 475 g/mol. The zero-order chi connectivity index (χ0) is 24.2. The molecule has 1 aliphatic heterocycles. The van der Waals surface area contributed by atoms with Crippen LogP contribution in [0.25, 0.3) is 10.8 Å². The van der Waals surface area contributed by atoms with Gasteiger partial charge in [0.25, 0.3) is 11.8 Å². The molecule has 9 nitrogen and oxygen atoms in total. The number of ether oxygens (including phenoxy) is 2. The SMILES string of the molecule is CCn1ncc(NC(=O)c2ccc(COc3ccc4ccccc4c3)o2)c1C(=O)N1CCOCC1. The molecule has 9 heteroatoms. The van der Waals surface area contributed by atoms with Crippen molar-refractivity contribution >= 4 is 28.3 Å². The van der Waals surface area contributed by atoms with Gasteiger partial charge in [0, 0.05) is 19.6 Å². The number of hydrogen-bond donors (Lipinski definition) is 1. The number of hydrogen-bond acceptors (Lipinski definition) is 6. The highest BCUT2D eigenvalue weighted by molar-refractivity contribution is 6.07. The van der Waals surface area contributed by atoms with Crippen molar-refractivity contribution < 1.29 is 23.5 Å². The van der Waals surface area contributed by atoms with E-state index in [1.165, 1.54) is 6.20 Å². The molecule has 0 saturated carbocycles. The van der Waals surface area contributed by atoms with Crippen LogP contribution in [0.15, 0.2) is 65.2 Å². The van der Waals surface area contributed by atoms with Crippen LogP contribution in [-0.4, -0.2) is 52.8 Å². The molecule has 180 valence electrons. The molecular weight excluding hydrogens is 448 g/mol. The molecule has 3 heterocycles. The maximum Gasteiger partial charge on any atom is 0.291 e. The lowest BCUT2D eigenvalue weighted by Gasteiger charge is -2.27. The van der Waals surface area contributed by atoms with Crippen molar-refractivity contribution in [2.75, 3.05) is 31.6 Å². The third kappa shape index (κ3) is 4.90. The second-order valence-corrected chi connectivity index (χ2v) is 8.14. The highest BCUT2D eigenvalue weighted by Gasteiger charge is 2.26. The number of nitrogens with zero attached hydrogens (tertiary/aromatic N) is 3. The lowest BCUT2D eigenvalue weighted by Crippen LogP contribution is -2.41. The number of morpholine rings is 1. The minimum absolute atomic E-state index is 0.121. The van der Waals surface area contributed by atoms with Crippen molar-refractivity contribution in [1.82, 2.24) is 14.7 Å². The van der Waals surface area contributed by atoms with Crippen molar-refractivity contribution in [3.63, 3.8) is 0 Å². The molecule has 1 N–H and O–H groups in total. The van der Waals surface area contributed by atoms with E-state index < -0.39 is 5.91 Å². The molecule has 0 aliphatic carbocycles. The molecular formula is C26H26N4O5. The summed E-state index contributed by atoms with van der Waals surface area (Å²) in [5, 5.41) is 9.25. The number of aryl methyl sites for hydroxylation is 1. The van der Waals surface area contributed by atoms with Crippen LogP contribution in [0.4, 0.5) is 5.69 Å². The lowest BCUT2D eigenvalue weighted by atomic mass is 10.1. The molecule has 0 radical (unpaired) electrons. The van der Waals surface area contributed by atoms with Gasteiger partial charge in [-0.25, -0.2) is 0 Å². The summed E-state index contributed by atoms with van der Waals surface area (Å²) in [5.41, 5.74) is 0.688. The second kappa shape index (κ2) is 10.0. The number of furan rings is 1. The highest BCUT2D eigenvalue weighted by atomic mass is 16.5. The number of carbonyl (C=O) groups excluding carboxylic acids is 2. The summed E-state index contributed by atoms with van der Waals surface area (Å²) in [6, 6.07) is 17.2. The predicted molar refractivity (Wildman–Crippen MR) is 130 cm³/mol. The van der Waals surface area contributed by atoms with Crippen molar-refractivity contribution in [3.8, 4) is 5.75 Å². The Kier molecular flexibility index (Phi) is 6.49. The van der Waals surface area contributed by atoms with E-state index in [2.05, 4.69) is 10.4 Å². The molecule has 0 bridgehead atoms. The van der Waals surface area contributed by atoms with Gasteiger partial charge in [0.2, 0.25) is 0 Å². The maximum absolute atomic E-state index is 13.1. The van der Waals surface area contributed by atoms with E-state index in [0.29, 0.717) is 55.7 Å². The Balaban J connectivity index is 1.26. The molecule has 0 atom stereocenters. The van der Waals surface area contributed by atoms with Gasteiger partial charge in [-0.05, 0) is 42.0 Å². The van der Waals surface area contributed by atoms with Crippen LogP contribution >= 0.6 is 0 Å². The number of anilines is 1. The molecule has 0 unspecified atom stereocenters. The van der Waals surface area contributed by atoms with Gasteiger partial charge in [-0.2, -0.15) is 5.10 Å². The van der Waals surface area contributed by atoms with Crippen LogP contribution in [0.3, 0.4) is 0 Å². The predicted octanol–water partition coefficient (Wildman–Crippen LogP) is 3.95. The van der Waals surface area contributed by atoms with Crippen molar-refractivity contribution in [1.29, 1.82) is 0 Å². The van der Waals surface area contributed by atoms with Gasteiger partial charge >= 0.3 is 0 Å². The van der Waals surface area contributed by atoms with Gasteiger partial charge in [-0.15, -0.1) is 0 Å². The Morgan fingerprint density at radius 3 is 2.66 bits per heavy atom. The van der Waals surface area contributed by atoms with Gasteiger partial charge in [0.1, 0.15) is 23.8 Å². The Hall–Kier alpha value is -4.11. The van der Waals surface area contributed by atoms with E-state index in [1.54, 1.807) is 21.7 Å². The quantitative estimate of drug-likeness (QED) is 0.435. The van der Waals surface area contributed by atoms with Crippen molar-refractivity contribution in [2.45, 2.75) is 20.1 Å². The molecule has 1 aliphatic rings. The van der Waals surface area contributed by atoms with Gasteiger partial charge < -0.3 is 24.1 Å². The number of fused-ring (bicyclic) bond motifs is 1. The van der Waals surface area contributed by atoms with Crippen LogP contribution in [0.5, 0.6) is 5.75 Å². The minimum atomic E-state index is -0.464. The van der Waals surface area contributed by atoms with E-state index in [4.69, 9.17) is 13.9 Å². The first-order chi connectivity index (χ1) is 17.1. The van der Waals surface area contributed by atoms with E-state index in [1.807, 2.05) is 49.4 Å². The zero-order valence-electron chi connectivity index (χ0n) is 19.4. The molecule has 2 aromatic carbocycles. The average Bonchev–Trinajstić information content (AvgIpc) is 3.54. The fourth-order valence-corrected chi connectivity index (χ4v) is 4.03. The minimum Gasteiger partial charge on any atom is -0.486 e. The Morgan fingerprint density at radius 2 is 1.86 bits per heavy atom. The normalized spacial score (nSPS) is 13.7. The lowest BCUT2D eigenvalue weighted by molar-refractivity contribution is 0.0295. The van der Waals surface area contributed by atoms with E-state index >= 15 is 0 Å². The molecule has 35 heavy (non-hydrogen) atoms. The summed E-state index contributed by atoms with van der Waals surface area (Å²) in [4.78, 5) is 27.7. The molecule has 5 rings (SSSR count). The summed E-state index contributed by atoms with van der Waals surface area (Å²) in [5.74, 6) is 0.693. The third-order valence-electron chi connectivity index (χ3n) is 5.88. The number of aromatic nitrogens is 2. The Labute approximate surface area is 202 Å². The molecule has 1 saturated heterocycles. The number of carbonyl (C=O) groups is 2. The first kappa shape index (κ1) is 22.7. The monoisotopic (exact) mass is 474 g/mol. The van der Waals surface area contributed by atoms with E-state index in [0.717, 1.165) is 10.8 Å². The molecule has 0 spiro atoms. The smallest absolute Gasteiger partial charge is 0.291 e. The van der Waals surface area contributed by atoms with Gasteiger partial charge in [-0.3, -0.25) is 14.3 Å². The zero-order valence-corrected chi connectivity index (χ0v) is 19.4. The first-order valence-electron chi connectivity index (χ1n) is 11.6. The van der Waals surface area contributed by atoms with Gasteiger partial charge in [0.15, 0.2) is 5.76 Å². The summed E-state index contributed by atoms with van der Waals surface area (Å²) in [6.45, 7) is 4.55. The summed E-state index contributed by atoms with van der Waals surface area (Å²) in [7, 11) is 0. The topological polar surface area (TPSA) is 98.8 Å². The largest absolute Gasteiger partial charge is 0.486 e. The molecule has 2 aromatic heterocycles. The van der Waals surface area contributed by atoms with Crippen LogP contribution in [0.1, 0.15) is 33.7 Å². The van der Waals surface area contributed by atoms with Crippen LogP contribution in [0.2, 0.25) is 0 Å². The van der Waals surface area contributed by atoms with Crippen LogP contribution < -0.4 is 10.1 Å². The fourth-order valence-electron chi connectivity index (χ4n) is 4.03. The fraction of sp³-hybridized carbons (Fsp3) is 0.269. The number of rotatable bonds is 7. The highest BCUT2D eigenvalue weighted by Crippen LogP contribution is 2.23. The second-order valence-electron chi connectivity index (χ2n) is 8.14. The molecule has 4 aromatic rings. The molecule has 1 fully saturated rings. The van der Waals surface area contributed by atoms with Crippen LogP contribution in [-0.2, 0) is 17.9 Å². The Bertz CT molecular complexity index is 1350. The number of nitrogens with one attached hydrogen (secondary N) is 1. The van der Waals surface area contributed by atoms with Crippen molar-refractivity contribution in [2.24, 2.45) is 0 Å². The van der Waals surface area contributed by atoms with E-state index in [9.17, 15) is 9.59 Å². The van der Waals surface area contributed by atoms with Gasteiger partial charge in [-0.1, -0.05) is 30.3 Å². The Morgan fingerprint density at radius 1 is 1.06 bits per heavy atom. The molecule has 2 amide bonds. The first-order valence-corrected chi connectivity index (χ1v) is 11.6. The van der Waals surface area contributed by atoms with Crippen molar-refractivity contribution in [3.05, 3.63) is 78.0 Å². The van der Waals surface area contributed by atoms with E-state index in [-0.39, 0.29) is 18.3 Å². The maximum atomic E-state index is 13.1. The van der Waals surface area contributed by atoms with Crippen LogP contribution in [0, 0.1) is 0 Å². The third-order valence-corrected chi connectivity index (χ3v) is 5.88. The standard InChI is InChI=1S/C26H26N4O5/c1-2-30-24(26(32)29-11-13-33-14-12-29)22(16-27-30)28-25(31)23-10-9-21(35-23)17-34-20-8-7-18-5-3-4-6-19(18)15-20/h3-10,15-16H,2,11-14,17H2,1H3,(H,28,31). The number of amides is 2. The van der Waals surface area contributed by atoms with Gasteiger partial charge in [0.05, 0.1) is 25.1 Å². The number of benzene rings is 2. The summed E-state index contributed by atoms with van der Waals surface area (Å²) in [6.07, 6.45) is 1.49.